The van der Waals surface area contributed by atoms with Gasteiger partial charge < -0.3 is 41.4 Å². The zero-order chi connectivity index (χ0) is 37.2. The van der Waals surface area contributed by atoms with Gasteiger partial charge in [0.1, 0.15) is 11.6 Å². The first-order valence-electron chi connectivity index (χ1n) is 16.9. The number of nitrogens with one attached hydrogen (secondary N) is 1. The summed E-state index contributed by atoms with van der Waals surface area (Å²) in [6.07, 6.45) is 2.18. The van der Waals surface area contributed by atoms with E-state index in [2.05, 4.69) is 27.1 Å². The highest BCUT2D eigenvalue weighted by Crippen LogP contribution is 2.35. The number of nitrogens with two attached hydrogens (primary N) is 2. The third-order valence-electron chi connectivity index (χ3n) is 8.47. The molecular weight excluding hydrogens is 706 g/mol. The molecule has 7 N–H and O–H groups in total. The normalized spacial score (nSPS) is 14.2. The second-order valence-electron chi connectivity index (χ2n) is 12.3. The third-order valence-corrected chi connectivity index (χ3v) is 10.6. The Kier molecular flexibility index (Phi) is 13.5. The number of nitrogens with zero attached hydrogens (tertiary/aromatic N) is 4. The quantitative estimate of drug-likeness (QED) is 0.0641. The SMILES string of the molecule is COC(=O)c1nc(N2CCCC(/C(C)=C(\N)Nc3nc4ccccc4s3)=C2N)sc1CCCOc1ccc(C#CCN(C)CC[C@H](O)CO)cc1F. The van der Waals surface area contributed by atoms with Crippen molar-refractivity contribution >= 4 is 49.1 Å². The molecule has 1 atom stereocenters. The Balaban J connectivity index is 1.21. The number of esters is 1. The number of carbonyl (C=O) groups excluding carboxylic acids is 1. The van der Waals surface area contributed by atoms with Crippen LogP contribution >= 0.6 is 22.7 Å². The van der Waals surface area contributed by atoms with Gasteiger partial charge in [0.05, 0.1) is 43.2 Å². The number of hydrogen-bond donors (Lipinski definition) is 5. The van der Waals surface area contributed by atoms with E-state index in [9.17, 15) is 14.3 Å². The molecule has 0 saturated heterocycles. The Labute approximate surface area is 310 Å². The standard InChI is InChI=1S/C37H44FN7O5S2/c1-23(33(39)43-36-41-28-11-4-5-12-30(28)51-36)26-10-7-18-45(34(26)40)37-42-32(35(48)49-3)31(52-37)13-8-20-50-29-15-14-24(21-27(29)38)9-6-17-44(2)19-16-25(47)22-46/h4-5,11-12,14-15,21,25,46-47H,7-8,10,13,16-20,22,39-40H2,1-3H3,(H,41,43)/b33-23+/t25-/m0/s1. The number of para-hydroxylation sites is 1. The van der Waals surface area contributed by atoms with E-state index < -0.39 is 17.9 Å². The minimum atomic E-state index is -0.755. The molecule has 0 aliphatic carbocycles. The number of fused-ring (bicyclic) bond motifs is 1. The summed E-state index contributed by atoms with van der Waals surface area (Å²) in [6.45, 7) is 3.48. The van der Waals surface area contributed by atoms with Crippen LogP contribution in [0.3, 0.4) is 0 Å². The van der Waals surface area contributed by atoms with E-state index in [0.717, 1.165) is 39.1 Å². The molecule has 12 nitrogen and oxygen atoms in total. The number of aromatic nitrogens is 2. The van der Waals surface area contributed by atoms with Crippen LogP contribution in [0.2, 0.25) is 0 Å². The number of methoxy groups -OCH3 is 1. The highest BCUT2D eigenvalue weighted by molar-refractivity contribution is 7.22. The van der Waals surface area contributed by atoms with E-state index in [0.29, 0.717) is 66.4 Å². The number of benzene rings is 2. The summed E-state index contributed by atoms with van der Waals surface area (Å²) in [5, 5.41) is 22.9. The van der Waals surface area contributed by atoms with Gasteiger partial charge in [-0.1, -0.05) is 35.3 Å². The van der Waals surface area contributed by atoms with Gasteiger partial charge in [0, 0.05) is 23.5 Å². The maximum absolute atomic E-state index is 14.8. The summed E-state index contributed by atoms with van der Waals surface area (Å²) in [6, 6.07) is 12.5. The van der Waals surface area contributed by atoms with Gasteiger partial charge in [0.15, 0.2) is 27.5 Å². The van der Waals surface area contributed by atoms with E-state index in [4.69, 9.17) is 26.0 Å². The maximum Gasteiger partial charge on any atom is 0.357 e. The number of aliphatic hydroxyl groups excluding tert-OH is 2. The van der Waals surface area contributed by atoms with Crippen LogP contribution in [0.25, 0.3) is 10.2 Å². The molecule has 0 amide bonds. The highest BCUT2D eigenvalue weighted by Gasteiger charge is 2.27. The van der Waals surface area contributed by atoms with Crippen molar-refractivity contribution in [1.82, 2.24) is 14.9 Å². The third kappa shape index (κ3) is 9.78. The summed E-state index contributed by atoms with van der Waals surface area (Å²) in [7, 11) is 3.17. The molecule has 1 aliphatic rings. The predicted octanol–water partition coefficient (Wildman–Crippen LogP) is 4.79. The number of ether oxygens (including phenoxy) is 2. The molecule has 0 saturated carbocycles. The topological polar surface area (TPSA) is 172 Å². The first-order chi connectivity index (χ1) is 25.1. The smallest absolute Gasteiger partial charge is 0.357 e. The first-order valence-corrected chi connectivity index (χ1v) is 18.5. The summed E-state index contributed by atoms with van der Waals surface area (Å²) >= 11 is 2.88. The molecule has 0 spiro atoms. The van der Waals surface area contributed by atoms with E-state index in [1.54, 1.807) is 12.1 Å². The molecule has 4 aromatic rings. The van der Waals surface area contributed by atoms with Crippen molar-refractivity contribution in [2.45, 2.75) is 45.1 Å². The van der Waals surface area contributed by atoms with Crippen LogP contribution in [0.4, 0.5) is 14.7 Å². The van der Waals surface area contributed by atoms with Crippen molar-refractivity contribution in [2.75, 3.05) is 57.2 Å². The molecule has 276 valence electrons. The first kappa shape index (κ1) is 38.5. The van der Waals surface area contributed by atoms with E-state index in [1.807, 2.05) is 48.0 Å². The average molecular weight is 750 g/mol. The van der Waals surface area contributed by atoms with Gasteiger partial charge >= 0.3 is 5.97 Å². The number of anilines is 2. The Morgan fingerprint density at radius 1 is 1.23 bits per heavy atom. The maximum atomic E-state index is 14.8. The molecule has 0 unspecified atom stereocenters. The fourth-order valence-electron chi connectivity index (χ4n) is 5.51. The second kappa shape index (κ2) is 18.2. The van der Waals surface area contributed by atoms with Gasteiger partial charge in [-0.05, 0) is 87.6 Å². The summed E-state index contributed by atoms with van der Waals surface area (Å²) in [5.74, 6) is 5.95. The predicted molar refractivity (Wildman–Crippen MR) is 204 cm³/mol. The van der Waals surface area contributed by atoms with Crippen LogP contribution < -0.4 is 26.4 Å². The fraction of sp³-hybridized carbons (Fsp3) is 0.378. The largest absolute Gasteiger partial charge is 0.491 e. The Morgan fingerprint density at radius 3 is 2.79 bits per heavy atom. The lowest BCUT2D eigenvalue weighted by Gasteiger charge is -2.30. The molecule has 15 heteroatoms. The van der Waals surface area contributed by atoms with Crippen molar-refractivity contribution in [3.05, 3.63) is 87.2 Å². The second-order valence-corrected chi connectivity index (χ2v) is 14.4. The van der Waals surface area contributed by atoms with Gasteiger partial charge in [0.2, 0.25) is 0 Å². The average Bonchev–Trinajstić information content (AvgIpc) is 3.76. The van der Waals surface area contributed by atoms with Gasteiger partial charge in [-0.15, -0.1) is 11.3 Å². The van der Waals surface area contributed by atoms with Crippen molar-refractivity contribution in [2.24, 2.45) is 11.5 Å². The van der Waals surface area contributed by atoms with E-state index >= 15 is 0 Å². The zero-order valence-corrected chi connectivity index (χ0v) is 31.1. The Bertz CT molecular complexity index is 1970. The number of aliphatic hydroxyl groups is 2. The number of aryl methyl sites for hydroxylation is 1. The van der Waals surface area contributed by atoms with Crippen molar-refractivity contribution in [3.63, 3.8) is 0 Å². The lowest BCUT2D eigenvalue weighted by molar-refractivity contribution is 0.0593. The number of carbonyl (C=O) groups is 1. The Hall–Kier alpha value is -4.72. The van der Waals surface area contributed by atoms with Crippen LogP contribution in [0.1, 0.15) is 53.5 Å². The van der Waals surface area contributed by atoms with Crippen molar-refractivity contribution in [3.8, 4) is 17.6 Å². The van der Waals surface area contributed by atoms with Gasteiger partial charge in [-0.25, -0.2) is 19.2 Å². The van der Waals surface area contributed by atoms with Crippen LogP contribution in [-0.4, -0.2) is 84.2 Å². The van der Waals surface area contributed by atoms with Gasteiger partial charge in [-0.2, -0.15) is 0 Å². The van der Waals surface area contributed by atoms with Crippen LogP contribution in [0, 0.1) is 17.7 Å². The van der Waals surface area contributed by atoms with E-state index in [-0.39, 0.29) is 24.7 Å². The van der Waals surface area contributed by atoms with Gasteiger partial charge in [-0.3, -0.25) is 4.90 Å². The Morgan fingerprint density at radius 2 is 2.04 bits per heavy atom. The number of rotatable bonds is 15. The number of hydrogen-bond acceptors (Lipinski definition) is 14. The van der Waals surface area contributed by atoms with Crippen LogP contribution in [0.5, 0.6) is 5.75 Å². The monoisotopic (exact) mass is 749 g/mol. The lowest BCUT2D eigenvalue weighted by atomic mass is 9.99. The summed E-state index contributed by atoms with van der Waals surface area (Å²) < 4.78 is 26.7. The molecule has 1 aliphatic heterocycles. The molecule has 2 aromatic carbocycles. The number of halogens is 1. The number of thiazole rings is 2. The molecule has 0 radical (unpaired) electrons. The highest BCUT2D eigenvalue weighted by atomic mass is 32.1. The molecule has 5 rings (SSSR count). The molecule has 0 fully saturated rings. The zero-order valence-electron chi connectivity index (χ0n) is 29.4. The number of allylic oxidation sites excluding steroid dienone is 2. The molecule has 2 aromatic heterocycles. The molecule has 3 heterocycles. The molecule has 0 bridgehead atoms. The molecule has 52 heavy (non-hydrogen) atoms. The minimum absolute atomic E-state index is 0.109. The summed E-state index contributed by atoms with van der Waals surface area (Å²) in [5.41, 5.74) is 16.6. The molecular formula is C37H44FN7O5S2. The van der Waals surface area contributed by atoms with Crippen LogP contribution in [-0.2, 0) is 11.2 Å². The fourth-order valence-corrected chi connectivity index (χ4v) is 7.52. The van der Waals surface area contributed by atoms with E-state index in [1.165, 1.54) is 35.8 Å². The minimum Gasteiger partial charge on any atom is -0.491 e. The summed E-state index contributed by atoms with van der Waals surface area (Å²) in [4.78, 5) is 26.5. The van der Waals surface area contributed by atoms with Crippen molar-refractivity contribution in [1.29, 1.82) is 0 Å². The van der Waals surface area contributed by atoms with Crippen molar-refractivity contribution < 1.29 is 28.9 Å². The lowest BCUT2D eigenvalue weighted by Crippen LogP contribution is -2.34. The van der Waals surface area contributed by atoms with Crippen LogP contribution in [0.15, 0.2) is 65.3 Å². The van der Waals surface area contributed by atoms with Gasteiger partial charge in [0.25, 0.3) is 0 Å².